The lowest BCUT2D eigenvalue weighted by molar-refractivity contribution is 0.621. The zero-order valence-electron chi connectivity index (χ0n) is 10.9. The number of benzene rings is 1. The summed E-state index contributed by atoms with van der Waals surface area (Å²) in [7, 11) is 0. The van der Waals surface area contributed by atoms with Crippen molar-refractivity contribution in [3.8, 4) is 11.3 Å². The van der Waals surface area contributed by atoms with E-state index in [1.807, 2.05) is 6.92 Å². The first-order chi connectivity index (χ1) is 9.70. The number of fused-ring (bicyclic) bond motifs is 1. The molecular formula is C15H12FN3O. The van der Waals surface area contributed by atoms with Gasteiger partial charge in [-0.25, -0.2) is 9.07 Å². The average Bonchev–Trinajstić information content (AvgIpc) is 2.48. The van der Waals surface area contributed by atoms with Gasteiger partial charge in [-0.3, -0.25) is 9.78 Å². The quantitative estimate of drug-likeness (QED) is 0.718. The molecule has 5 heteroatoms. The molecule has 0 aliphatic carbocycles. The van der Waals surface area contributed by atoms with Crippen LogP contribution in [0.2, 0.25) is 0 Å². The molecule has 1 aromatic carbocycles. The number of hydrogen-bond donors (Lipinski definition) is 0. The van der Waals surface area contributed by atoms with E-state index in [4.69, 9.17) is 0 Å². The minimum absolute atomic E-state index is 0.184. The summed E-state index contributed by atoms with van der Waals surface area (Å²) in [6.07, 6.45) is 1.60. The van der Waals surface area contributed by atoms with Crippen LogP contribution in [-0.2, 0) is 6.54 Å². The Morgan fingerprint density at radius 2 is 2.10 bits per heavy atom. The first-order valence-electron chi connectivity index (χ1n) is 6.32. The predicted molar refractivity (Wildman–Crippen MR) is 74.9 cm³/mol. The molecule has 3 aromatic rings. The first kappa shape index (κ1) is 12.5. The summed E-state index contributed by atoms with van der Waals surface area (Å²) < 4.78 is 14.8. The number of hydrogen-bond acceptors (Lipinski definition) is 3. The van der Waals surface area contributed by atoms with Crippen molar-refractivity contribution < 1.29 is 4.39 Å². The number of nitrogens with zero attached hydrogens (tertiary/aromatic N) is 3. The lowest BCUT2D eigenvalue weighted by atomic mass is 10.1. The molecule has 0 saturated carbocycles. The monoisotopic (exact) mass is 269 g/mol. The Balaban J connectivity index is 2.41. The largest absolute Gasteiger partial charge is 0.276 e. The second-order valence-corrected chi connectivity index (χ2v) is 4.38. The highest BCUT2D eigenvalue weighted by Gasteiger charge is 2.12. The van der Waals surface area contributed by atoms with Crippen LogP contribution in [0.4, 0.5) is 4.39 Å². The van der Waals surface area contributed by atoms with Crippen molar-refractivity contribution in [1.29, 1.82) is 0 Å². The molecule has 2 aromatic heterocycles. The van der Waals surface area contributed by atoms with Gasteiger partial charge in [0, 0.05) is 18.3 Å². The molecule has 0 aliphatic rings. The lowest BCUT2D eigenvalue weighted by Gasteiger charge is -2.09. The van der Waals surface area contributed by atoms with Gasteiger partial charge >= 0.3 is 0 Å². The van der Waals surface area contributed by atoms with Gasteiger partial charge in [0.05, 0.1) is 5.39 Å². The molecular weight excluding hydrogens is 257 g/mol. The van der Waals surface area contributed by atoms with Gasteiger partial charge in [0.25, 0.3) is 5.56 Å². The maximum Gasteiger partial charge on any atom is 0.276 e. The van der Waals surface area contributed by atoms with Crippen LogP contribution in [0.25, 0.3) is 22.2 Å². The fraction of sp³-hybridized carbons (Fsp3) is 0.133. The highest BCUT2D eigenvalue weighted by Crippen LogP contribution is 2.23. The van der Waals surface area contributed by atoms with E-state index in [1.165, 1.54) is 16.8 Å². The third-order valence-electron chi connectivity index (χ3n) is 3.12. The van der Waals surface area contributed by atoms with E-state index in [0.717, 1.165) is 0 Å². The molecule has 0 radical (unpaired) electrons. The number of pyridine rings is 1. The van der Waals surface area contributed by atoms with Gasteiger partial charge in [0.15, 0.2) is 0 Å². The van der Waals surface area contributed by atoms with Crippen molar-refractivity contribution in [2.24, 2.45) is 0 Å². The zero-order valence-corrected chi connectivity index (χ0v) is 10.9. The number of halogens is 1. The van der Waals surface area contributed by atoms with Gasteiger partial charge < -0.3 is 0 Å². The summed E-state index contributed by atoms with van der Waals surface area (Å²) in [6.45, 7) is 2.29. The normalized spacial score (nSPS) is 10.9. The van der Waals surface area contributed by atoms with Crippen molar-refractivity contribution in [1.82, 2.24) is 14.8 Å². The van der Waals surface area contributed by atoms with Crippen LogP contribution < -0.4 is 5.56 Å². The molecule has 0 bridgehead atoms. The Bertz CT molecular complexity index is 842. The van der Waals surface area contributed by atoms with Gasteiger partial charge in [-0.15, -0.1) is 0 Å². The molecule has 0 fully saturated rings. The topological polar surface area (TPSA) is 47.8 Å². The Hall–Kier alpha value is -2.56. The van der Waals surface area contributed by atoms with Crippen LogP contribution >= 0.6 is 0 Å². The lowest BCUT2D eigenvalue weighted by Crippen LogP contribution is -2.23. The van der Waals surface area contributed by atoms with Crippen molar-refractivity contribution in [2.45, 2.75) is 13.5 Å². The number of aromatic nitrogens is 3. The van der Waals surface area contributed by atoms with Crippen LogP contribution in [0.3, 0.4) is 0 Å². The van der Waals surface area contributed by atoms with Crippen LogP contribution in [0.15, 0.2) is 47.4 Å². The van der Waals surface area contributed by atoms with E-state index in [0.29, 0.717) is 28.7 Å². The maximum atomic E-state index is 13.4. The molecule has 0 spiro atoms. The second kappa shape index (κ2) is 4.85. The zero-order chi connectivity index (χ0) is 14.1. The molecule has 100 valence electrons. The molecule has 3 rings (SSSR count). The van der Waals surface area contributed by atoms with Crippen molar-refractivity contribution in [3.05, 3.63) is 58.8 Å². The second-order valence-electron chi connectivity index (χ2n) is 4.38. The van der Waals surface area contributed by atoms with Gasteiger partial charge in [0.2, 0.25) is 0 Å². The molecule has 4 nitrogen and oxygen atoms in total. The van der Waals surface area contributed by atoms with Crippen molar-refractivity contribution in [2.75, 3.05) is 0 Å². The summed E-state index contributed by atoms with van der Waals surface area (Å²) in [6, 6.07) is 9.54. The molecule has 2 heterocycles. The van der Waals surface area contributed by atoms with Crippen LogP contribution in [-0.4, -0.2) is 14.8 Å². The maximum absolute atomic E-state index is 13.4. The van der Waals surface area contributed by atoms with Gasteiger partial charge in [-0.2, -0.15) is 5.10 Å². The van der Waals surface area contributed by atoms with Crippen molar-refractivity contribution in [3.63, 3.8) is 0 Å². The summed E-state index contributed by atoms with van der Waals surface area (Å²) in [5.41, 5.74) is 1.43. The van der Waals surface area contributed by atoms with Crippen LogP contribution in [0.1, 0.15) is 6.92 Å². The first-order valence-corrected chi connectivity index (χ1v) is 6.32. The molecule has 0 amide bonds. The fourth-order valence-corrected chi connectivity index (χ4v) is 2.16. The molecule has 20 heavy (non-hydrogen) atoms. The van der Waals surface area contributed by atoms with E-state index in [9.17, 15) is 9.18 Å². The molecule has 0 unspecified atom stereocenters. The molecule has 0 N–H and O–H groups in total. The summed E-state index contributed by atoms with van der Waals surface area (Å²) in [5.74, 6) is -0.345. The third-order valence-corrected chi connectivity index (χ3v) is 3.12. The molecule has 0 atom stereocenters. The van der Waals surface area contributed by atoms with E-state index >= 15 is 0 Å². The average molecular weight is 269 g/mol. The van der Waals surface area contributed by atoms with Crippen LogP contribution in [0, 0.1) is 5.82 Å². The minimum atomic E-state index is -0.345. The Morgan fingerprint density at radius 1 is 1.25 bits per heavy atom. The number of rotatable bonds is 2. The van der Waals surface area contributed by atoms with E-state index in [1.54, 1.807) is 30.5 Å². The Kier molecular flexibility index (Phi) is 3.02. The molecule has 0 saturated heterocycles. The van der Waals surface area contributed by atoms with E-state index in [-0.39, 0.29) is 11.4 Å². The van der Waals surface area contributed by atoms with Crippen molar-refractivity contribution >= 4 is 10.9 Å². The summed E-state index contributed by atoms with van der Waals surface area (Å²) in [4.78, 5) is 16.4. The van der Waals surface area contributed by atoms with E-state index < -0.39 is 0 Å². The Labute approximate surface area is 114 Å². The summed E-state index contributed by atoms with van der Waals surface area (Å²) in [5, 5.41) is 4.79. The van der Waals surface area contributed by atoms with Crippen LogP contribution in [0.5, 0.6) is 0 Å². The standard InChI is InChI=1S/C15H12FN3O/c1-2-19-15(20)12-7-4-8-17-14(12)13(18-19)10-5-3-6-11(16)9-10/h3-9H,2H2,1H3. The van der Waals surface area contributed by atoms with E-state index in [2.05, 4.69) is 10.1 Å². The smallest absolute Gasteiger partial charge is 0.267 e. The van der Waals surface area contributed by atoms with Gasteiger partial charge in [0.1, 0.15) is 17.0 Å². The predicted octanol–water partition coefficient (Wildman–Crippen LogP) is 2.62. The highest BCUT2D eigenvalue weighted by atomic mass is 19.1. The van der Waals surface area contributed by atoms with Gasteiger partial charge in [-0.1, -0.05) is 12.1 Å². The minimum Gasteiger partial charge on any atom is -0.267 e. The van der Waals surface area contributed by atoms with Gasteiger partial charge in [-0.05, 0) is 31.2 Å². The summed E-state index contributed by atoms with van der Waals surface area (Å²) >= 11 is 0. The highest BCUT2D eigenvalue weighted by molar-refractivity contribution is 5.90. The number of aryl methyl sites for hydroxylation is 1. The molecule has 0 aliphatic heterocycles. The fourth-order valence-electron chi connectivity index (χ4n) is 2.16. The third kappa shape index (κ3) is 1.97. The SMILES string of the molecule is CCn1nc(-c2cccc(F)c2)c2ncccc2c1=O. The Morgan fingerprint density at radius 3 is 2.85 bits per heavy atom.